The number of carbonyl (C=O) groups excluding carboxylic acids is 1. The first kappa shape index (κ1) is 10.1. The maximum absolute atomic E-state index is 11.8. The second-order valence-corrected chi connectivity index (χ2v) is 5.00. The van der Waals surface area contributed by atoms with E-state index in [0.717, 1.165) is 12.5 Å². The van der Waals surface area contributed by atoms with E-state index in [1.165, 1.54) is 6.08 Å². The molecular formula is C15H24O2. The van der Waals surface area contributed by atoms with Crippen molar-refractivity contribution in [2.24, 2.45) is 17.8 Å². The zero-order valence-electron chi connectivity index (χ0n) is 13.6. The van der Waals surface area contributed by atoms with Crippen molar-refractivity contribution in [2.45, 2.75) is 46.1 Å². The van der Waals surface area contributed by atoms with Crippen molar-refractivity contribution in [3.8, 4) is 0 Å². The Morgan fingerprint density at radius 1 is 1.59 bits per heavy atom. The number of allylic oxidation sites excluding steroid dienone is 4. The molecule has 1 aliphatic rings. The van der Waals surface area contributed by atoms with Gasteiger partial charge in [0.25, 0.3) is 0 Å². The number of hydrogen-bond acceptors (Lipinski definition) is 2. The highest BCUT2D eigenvalue weighted by atomic mass is 16.3. The Hall–Kier alpha value is -0.890. The molecule has 1 unspecified atom stereocenters. The van der Waals surface area contributed by atoms with Gasteiger partial charge in [0.15, 0.2) is 0 Å². The lowest BCUT2D eigenvalue weighted by Crippen LogP contribution is -2.33. The number of aliphatic hydroxyl groups is 1. The molecule has 1 N–H and O–H groups in total. The molecule has 0 aromatic rings. The third-order valence-corrected chi connectivity index (χ3v) is 3.63. The molecule has 0 amide bonds. The SMILES string of the molecule is [2H]C([2H])([2H])C=CC=CC[C@@H](C)[C@@H](O)[C@H]1C(=O)CCC1C. The fourth-order valence-electron chi connectivity index (χ4n) is 2.48. The highest BCUT2D eigenvalue weighted by Gasteiger charge is 2.38. The molecule has 17 heavy (non-hydrogen) atoms. The second kappa shape index (κ2) is 6.75. The van der Waals surface area contributed by atoms with E-state index in [-0.39, 0.29) is 23.5 Å². The van der Waals surface area contributed by atoms with Gasteiger partial charge in [-0.1, -0.05) is 38.2 Å². The van der Waals surface area contributed by atoms with Crippen molar-refractivity contribution < 1.29 is 14.0 Å². The van der Waals surface area contributed by atoms with Gasteiger partial charge in [-0.15, -0.1) is 0 Å². The van der Waals surface area contributed by atoms with Gasteiger partial charge in [-0.3, -0.25) is 4.79 Å². The molecule has 0 spiro atoms. The van der Waals surface area contributed by atoms with Gasteiger partial charge in [0.2, 0.25) is 0 Å². The largest absolute Gasteiger partial charge is 0.392 e. The molecule has 2 nitrogen and oxygen atoms in total. The van der Waals surface area contributed by atoms with Gasteiger partial charge in [0.05, 0.1) is 6.10 Å². The van der Waals surface area contributed by atoms with Crippen LogP contribution in [0.2, 0.25) is 0 Å². The van der Waals surface area contributed by atoms with Gasteiger partial charge < -0.3 is 5.11 Å². The van der Waals surface area contributed by atoms with Crippen LogP contribution in [0, 0.1) is 17.8 Å². The lowest BCUT2D eigenvalue weighted by molar-refractivity contribution is -0.125. The van der Waals surface area contributed by atoms with Gasteiger partial charge in [-0.25, -0.2) is 0 Å². The molecule has 0 aromatic heterocycles. The van der Waals surface area contributed by atoms with Crippen LogP contribution in [0.1, 0.15) is 44.1 Å². The van der Waals surface area contributed by atoms with Crippen LogP contribution in [0.3, 0.4) is 0 Å². The lowest BCUT2D eigenvalue weighted by Gasteiger charge is -2.25. The maximum atomic E-state index is 11.8. The number of ketones is 1. The fraction of sp³-hybridized carbons (Fsp3) is 0.667. The third-order valence-electron chi connectivity index (χ3n) is 3.63. The van der Waals surface area contributed by atoms with Crippen molar-refractivity contribution in [1.82, 2.24) is 0 Å². The van der Waals surface area contributed by atoms with Crippen molar-refractivity contribution >= 4 is 5.78 Å². The summed E-state index contributed by atoms with van der Waals surface area (Å²) in [7, 11) is 0. The Morgan fingerprint density at radius 2 is 2.35 bits per heavy atom. The first-order valence-corrected chi connectivity index (χ1v) is 6.27. The monoisotopic (exact) mass is 239 g/mol. The maximum Gasteiger partial charge on any atom is 0.138 e. The van der Waals surface area contributed by atoms with Crippen LogP contribution in [0.5, 0.6) is 0 Å². The molecule has 0 radical (unpaired) electrons. The van der Waals surface area contributed by atoms with Crippen molar-refractivity contribution in [3.05, 3.63) is 24.3 Å². The zero-order chi connectivity index (χ0) is 15.3. The number of hydrogen-bond donors (Lipinski definition) is 1. The molecule has 0 aliphatic heterocycles. The molecule has 1 saturated carbocycles. The summed E-state index contributed by atoms with van der Waals surface area (Å²) in [5.74, 6) is 0.167. The van der Waals surface area contributed by atoms with Crippen molar-refractivity contribution in [1.29, 1.82) is 0 Å². The van der Waals surface area contributed by atoms with Gasteiger partial charge in [-0.2, -0.15) is 0 Å². The van der Waals surface area contributed by atoms with Crippen LogP contribution in [-0.2, 0) is 4.79 Å². The van der Waals surface area contributed by atoms with Crippen LogP contribution in [0.4, 0.5) is 0 Å². The number of Topliss-reactive ketones (excluding diaryl/α,β-unsaturated/α-hetero) is 1. The Bertz CT molecular complexity index is 385. The molecule has 1 aliphatic carbocycles. The van der Waals surface area contributed by atoms with Gasteiger partial charge in [0, 0.05) is 16.5 Å². The van der Waals surface area contributed by atoms with Crippen LogP contribution in [0.25, 0.3) is 0 Å². The van der Waals surface area contributed by atoms with E-state index in [0.29, 0.717) is 12.8 Å². The summed E-state index contributed by atoms with van der Waals surface area (Å²) in [6.45, 7) is 1.88. The quantitative estimate of drug-likeness (QED) is 0.748. The minimum Gasteiger partial charge on any atom is -0.392 e. The summed E-state index contributed by atoms with van der Waals surface area (Å²) in [4.78, 5) is 11.8. The summed E-state index contributed by atoms with van der Waals surface area (Å²) in [5, 5.41) is 10.3. The normalized spacial score (nSPS) is 32.6. The van der Waals surface area contributed by atoms with E-state index < -0.39 is 13.0 Å². The van der Waals surface area contributed by atoms with Crippen LogP contribution < -0.4 is 0 Å². The molecule has 0 heterocycles. The van der Waals surface area contributed by atoms with Crippen LogP contribution in [0.15, 0.2) is 24.3 Å². The first-order chi connectivity index (χ1) is 9.22. The molecule has 0 aromatic carbocycles. The Labute approximate surface area is 109 Å². The highest BCUT2D eigenvalue weighted by molar-refractivity contribution is 5.83. The van der Waals surface area contributed by atoms with Gasteiger partial charge >= 0.3 is 0 Å². The minimum atomic E-state index is -2.05. The molecule has 96 valence electrons. The molecule has 0 bridgehead atoms. The van der Waals surface area contributed by atoms with Gasteiger partial charge in [-0.05, 0) is 31.5 Å². The average Bonchev–Trinajstić information content (AvgIpc) is 2.66. The highest BCUT2D eigenvalue weighted by Crippen LogP contribution is 2.34. The summed E-state index contributed by atoms with van der Waals surface area (Å²) in [6, 6.07) is 0. The van der Waals surface area contributed by atoms with Crippen LogP contribution in [-0.4, -0.2) is 17.0 Å². The van der Waals surface area contributed by atoms with Crippen LogP contribution >= 0.6 is 0 Å². The Kier molecular flexibility index (Phi) is 4.00. The lowest BCUT2D eigenvalue weighted by atomic mass is 9.83. The van der Waals surface area contributed by atoms with Gasteiger partial charge in [0.1, 0.15) is 5.78 Å². The topological polar surface area (TPSA) is 37.3 Å². The smallest absolute Gasteiger partial charge is 0.138 e. The third kappa shape index (κ3) is 3.81. The standard InChI is InChI=1S/C15H24O2/c1-4-5-6-7-8-12(3)15(17)14-11(2)9-10-13(14)16/h4-7,11-12,14-15,17H,8-10H2,1-3H3/t11?,12-,14-,15-/m1/s1/i1D3. The van der Waals surface area contributed by atoms with E-state index in [9.17, 15) is 9.90 Å². The number of carbonyl (C=O) groups is 1. The zero-order valence-corrected chi connectivity index (χ0v) is 10.6. The molecule has 0 saturated heterocycles. The van der Waals surface area contributed by atoms with Crippen molar-refractivity contribution in [2.75, 3.05) is 0 Å². The first-order valence-electron chi connectivity index (χ1n) is 7.77. The summed E-state index contributed by atoms with van der Waals surface area (Å²) < 4.78 is 21.0. The van der Waals surface area contributed by atoms with E-state index in [2.05, 4.69) is 0 Å². The molecule has 4 atom stereocenters. The Balaban J connectivity index is 2.46. The predicted octanol–water partition coefficient (Wildman–Crippen LogP) is 3.12. The molecule has 1 fully saturated rings. The van der Waals surface area contributed by atoms with E-state index in [1.807, 2.05) is 19.9 Å². The molecule has 2 heteroatoms. The van der Waals surface area contributed by atoms with Crippen molar-refractivity contribution in [3.63, 3.8) is 0 Å². The van der Waals surface area contributed by atoms with E-state index >= 15 is 0 Å². The molecule has 1 rings (SSSR count). The van der Waals surface area contributed by atoms with E-state index in [4.69, 9.17) is 4.11 Å². The minimum absolute atomic E-state index is 0.0121. The number of aliphatic hydroxyl groups excluding tert-OH is 1. The average molecular weight is 239 g/mol. The molecular weight excluding hydrogens is 212 g/mol. The fourth-order valence-corrected chi connectivity index (χ4v) is 2.48. The summed E-state index contributed by atoms with van der Waals surface area (Å²) in [5.41, 5.74) is 0. The summed E-state index contributed by atoms with van der Waals surface area (Å²) >= 11 is 0. The Morgan fingerprint density at radius 3 is 2.94 bits per heavy atom. The second-order valence-electron chi connectivity index (χ2n) is 5.00. The number of rotatable bonds is 5. The predicted molar refractivity (Wildman–Crippen MR) is 70.6 cm³/mol. The van der Waals surface area contributed by atoms with E-state index in [1.54, 1.807) is 6.08 Å². The summed E-state index contributed by atoms with van der Waals surface area (Å²) in [6.07, 6.45) is 7.62.